The number of rotatable bonds is 6. The van der Waals surface area contributed by atoms with Crippen LogP contribution in [-0.4, -0.2) is 35.4 Å². The summed E-state index contributed by atoms with van der Waals surface area (Å²) in [6.45, 7) is 3.68. The molecule has 0 heterocycles. The average Bonchev–Trinajstić information content (AvgIpc) is 2.13. The van der Waals surface area contributed by atoms with Gasteiger partial charge in [0.1, 0.15) is 0 Å². The Hall–Kier alpha value is -0.610. The lowest BCUT2D eigenvalue weighted by Gasteiger charge is -2.12. The second-order valence-electron chi connectivity index (χ2n) is 3.27. The molecule has 0 saturated heterocycles. The highest BCUT2D eigenvalue weighted by Gasteiger charge is 2.12. The lowest BCUT2D eigenvalue weighted by molar-refractivity contribution is -0.125. The van der Waals surface area contributed by atoms with E-state index in [9.17, 15) is 4.79 Å². The van der Waals surface area contributed by atoms with Crippen LogP contribution in [-0.2, 0) is 4.79 Å². The Labute approximate surface area is 79.0 Å². The van der Waals surface area contributed by atoms with E-state index in [0.717, 1.165) is 12.8 Å². The number of hydrogen-bond donors (Lipinski definition) is 3. The van der Waals surface area contributed by atoms with Crippen LogP contribution in [0.5, 0.6) is 0 Å². The van der Waals surface area contributed by atoms with Crippen molar-refractivity contribution in [3.05, 3.63) is 0 Å². The van der Waals surface area contributed by atoms with Crippen LogP contribution in [0.25, 0.3) is 0 Å². The first-order chi connectivity index (χ1) is 6.11. The van der Waals surface area contributed by atoms with Crippen molar-refractivity contribution in [3.63, 3.8) is 0 Å². The Morgan fingerprint density at radius 3 is 2.62 bits per heavy atom. The summed E-state index contributed by atoms with van der Waals surface area (Å²) in [5.74, 6) is -0.0785. The molecule has 2 atom stereocenters. The van der Waals surface area contributed by atoms with Crippen LogP contribution in [0.15, 0.2) is 0 Å². The van der Waals surface area contributed by atoms with Gasteiger partial charge in [-0.1, -0.05) is 20.3 Å². The number of nitrogens with one attached hydrogen (secondary N) is 1. The van der Waals surface area contributed by atoms with Gasteiger partial charge in [0, 0.05) is 12.5 Å². The van der Waals surface area contributed by atoms with Crippen LogP contribution in [0, 0.1) is 5.92 Å². The van der Waals surface area contributed by atoms with Crippen LogP contribution in [0.3, 0.4) is 0 Å². The zero-order valence-corrected chi connectivity index (χ0v) is 8.29. The zero-order valence-electron chi connectivity index (χ0n) is 8.29. The van der Waals surface area contributed by atoms with Gasteiger partial charge in [0.25, 0.3) is 0 Å². The largest absolute Gasteiger partial charge is 0.394 e. The number of aliphatic hydroxyl groups is 2. The third kappa shape index (κ3) is 5.60. The molecule has 0 aliphatic rings. The molecule has 0 aliphatic carbocycles. The SMILES string of the molecule is CCCC(C)C(=O)NC[C@@H](O)CO. The summed E-state index contributed by atoms with van der Waals surface area (Å²) in [6, 6.07) is 0. The summed E-state index contributed by atoms with van der Waals surface area (Å²) in [6.07, 6.45) is 0.968. The van der Waals surface area contributed by atoms with Crippen molar-refractivity contribution in [3.8, 4) is 0 Å². The normalized spacial score (nSPS) is 15.1. The second-order valence-corrected chi connectivity index (χ2v) is 3.27. The molecule has 0 fully saturated rings. The molecule has 13 heavy (non-hydrogen) atoms. The fraction of sp³-hybridized carbons (Fsp3) is 0.889. The molecule has 0 spiro atoms. The third-order valence-corrected chi connectivity index (χ3v) is 1.89. The topological polar surface area (TPSA) is 69.6 Å². The first kappa shape index (κ1) is 12.4. The molecule has 0 rings (SSSR count). The Bertz CT molecular complexity index is 150. The van der Waals surface area contributed by atoms with Crippen LogP contribution in [0.4, 0.5) is 0 Å². The maximum atomic E-state index is 11.2. The molecule has 0 aromatic heterocycles. The molecule has 0 bridgehead atoms. The zero-order chi connectivity index (χ0) is 10.3. The van der Waals surface area contributed by atoms with Gasteiger partial charge in [-0.05, 0) is 6.42 Å². The Balaban J connectivity index is 3.61. The molecule has 0 aromatic carbocycles. The number of hydrogen-bond acceptors (Lipinski definition) is 3. The van der Waals surface area contributed by atoms with Crippen molar-refractivity contribution < 1.29 is 15.0 Å². The molecular formula is C9H19NO3. The van der Waals surface area contributed by atoms with Gasteiger partial charge in [-0.15, -0.1) is 0 Å². The molecule has 0 radical (unpaired) electrons. The molecular weight excluding hydrogens is 170 g/mol. The van der Waals surface area contributed by atoms with Crippen LogP contribution >= 0.6 is 0 Å². The minimum atomic E-state index is -0.849. The lowest BCUT2D eigenvalue weighted by atomic mass is 10.1. The van der Waals surface area contributed by atoms with Crippen molar-refractivity contribution in [2.24, 2.45) is 5.92 Å². The van der Waals surface area contributed by atoms with Crippen molar-refractivity contribution >= 4 is 5.91 Å². The van der Waals surface area contributed by atoms with Crippen molar-refractivity contribution in [1.82, 2.24) is 5.32 Å². The van der Waals surface area contributed by atoms with Crippen molar-refractivity contribution in [2.45, 2.75) is 32.8 Å². The molecule has 0 aliphatic heterocycles. The molecule has 4 nitrogen and oxygen atoms in total. The fourth-order valence-electron chi connectivity index (χ4n) is 1.02. The second kappa shape index (κ2) is 6.86. The van der Waals surface area contributed by atoms with E-state index in [1.54, 1.807) is 0 Å². The predicted molar refractivity (Wildman–Crippen MR) is 50.2 cm³/mol. The molecule has 0 aromatic rings. The average molecular weight is 189 g/mol. The van der Waals surface area contributed by atoms with E-state index in [2.05, 4.69) is 5.32 Å². The van der Waals surface area contributed by atoms with Gasteiger partial charge in [-0.2, -0.15) is 0 Å². The maximum Gasteiger partial charge on any atom is 0.222 e. The highest BCUT2D eigenvalue weighted by atomic mass is 16.3. The Morgan fingerprint density at radius 2 is 2.15 bits per heavy atom. The summed E-state index contributed by atoms with van der Waals surface area (Å²) in [5, 5.41) is 20.0. The van der Waals surface area contributed by atoms with Crippen LogP contribution < -0.4 is 5.32 Å². The number of carbonyl (C=O) groups is 1. The smallest absolute Gasteiger partial charge is 0.222 e. The van der Waals surface area contributed by atoms with Crippen LogP contribution in [0.2, 0.25) is 0 Å². The van der Waals surface area contributed by atoms with Gasteiger partial charge < -0.3 is 15.5 Å². The molecule has 78 valence electrons. The molecule has 1 amide bonds. The third-order valence-electron chi connectivity index (χ3n) is 1.89. The van der Waals surface area contributed by atoms with Gasteiger partial charge >= 0.3 is 0 Å². The molecule has 3 N–H and O–H groups in total. The summed E-state index contributed by atoms with van der Waals surface area (Å²) in [5.41, 5.74) is 0. The quantitative estimate of drug-likeness (QED) is 0.546. The summed E-state index contributed by atoms with van der Waals surface area (Å²) in [7, 11) is 0. The minimum absolute atomic E-state index is 0.0177. The van der Waals surface area contributed by atoms with E-state index < -0.39 is 6.10 Å². The lowest BCUT2D eigenvalue weighted by Crippen LogP contribution is -2.36. The van der Waals surface area contributed by atoms with E-state index >= 15 is 0 Å². The van der Waals surface area contributed by atoms with E-state index in [1.807, 2.05) is 13.8 Å². The first-order valence-electron chi connectivity index (χ1n) is 4.68. The summed E-state index contributed by atoms with van der Waals surface area (Å²) in [4.78, 5) is 11.2. The minimum Gasteiger partial charge on any atom is -0.394 e. The maximum absolute atomic E-state index is 11.2. The van der Waals surface area contributed by atoms with E-state index in [4.69, 9.17) is 10.2 Å². The summed E-state index contributed by atoms with van der Waals surface area (Å²) < 4.78 is 0. The predicted octanol–water partition coefficient (Wildman–Crippen LogP) is -0.108. The standard InChI is InChI=1S/C9H19NO3/c1-3-4-7(2)9(13)10-5-8(12)6-11/h7-8,11-12H,3-6H2,1-2H3,(H,10,13)/t7?,8-/m1/s1. The van der Waals surface area contributed by atoms with E-state index in [0.29, 0.717) is 0 Å². The van der Waals surface area contributed by atoms with E-state index in [1.165, 1.54) is 0 Å². The Morgan fingerprint density at radius 1 is 1.54 bits per heavy atom. The van der Waals surface area contributed by atoms with Crippen molar-refractivity contribution in [1.29, 1.82) is 0 Å². The van der Waals surface area contributed by atoms with Gasteiger partial charge in [0.05, 0.1) is 12.7 Å². The van der Waals surface area contributed by atoms with Gasteiger partial charge in [0.15, 0.2) is 0 Å². The number of aliphatic hydroxyl groups excluding tert-OH is 2. The number of carbonyl (C=O) groups excluding carboxylic acids is 1. The highest BCUT2D eigenvalue weighted by molar-refractivity contribution is 5.78. The molecule has 1 unspecified atom stereocenters. The van der Waals surface area contributed by atoms with E-state index in [-0.39, 0.29) is 25.0 Å². The van der Waals surface area contributed by atoms with Gasteiger partial charge in [-0.3, -0.25) is 4.79 Å². The summed E-state index contributed by atoms with van der Waals surface area (Å²) >= 11 is 0. The highest BCUT2D eigenvalue weighted by Crippen LogP contribution is 2.04. The van der Waals surface area contributed by atoms with Crippen molar-refractivity contribution in [2.75, 3.05) is 13.2 Å². The molecule has 0 saturated carbocycles. The van der Waals surface area contributed by atoms with Gasteiger partial charge in [0.2, 0.25) is 5.91 Å². The Kier molecular flexibility index (Phi) is 6.54. The van der Waals surface area contributed by atoms with Gasteiger partial charge in [-0.25, -0.2) is 0 Å². The first-order valence-corrected chi connectivity index (χ1v) is 4.68. The van der Waals surface area contributed by atoms with Crippen LogP contribution in [0.1, 0.15) is 26.7 Å². The molecule has 4 heteroatoms. The fourth-order valence-corrected chi connectivity index (χ4v) is 1.02. The number of amides is 1. The monoisotopic (exact) mass is 189 g/mol.